The Morgan fingerprint density at radius 3 is 2.47 bits per heavy atom. The fourth-order valence-corrected chi connectivity index (χ4v) is 4.79. The number of allylic oxidation sites excluding steroid dienone is 1. The molecule has 176 valence electrons. The Morgan fingerprint density at radius 1 is 1.06 bits per heavy atom. The van der Waals surface area contributed by atoms with Gasteiger partial charge in [0.1, 0.15) is 0 Å². The van der Waals surface area contributed by atoms with E-state index in [1.807, 2.05) is 38.1 Å². The predicted octanol–water partition coefficient (Wildman–Crippen LogP) is 8.58. The Morgan fingerprint density at radius 2 is 1.79 bits per heavy atom. The van der Waals surface area contributed by atoms with Gasteiger partial charge < -0.3 is 5.32 Å². The molecule has 5 heteroatoms. The summed E-state index contributed by atoms with van der Waals surface area (Å²) >= 11 is 7.72. The monoisotopic (exact) mass is 490 g/mol. The molecule has 4 aromatic rings. The maximum absolute atomic E-state index is 12.4. The van der Waals surface area contributed by atoms with Crippen LogP contribution in [0.4, 0.5) is 5.69 Å². The Kier molecular flexibility index (Phi) is 9.03. The number of halogens is 1. The maximum atomic E-state index is 12.4. The minimum atomic E-state index is -0.167. The third kappa shape index (κ3) is 6.78. The molecule has 0 unspecified atom stereocenters. The van der Waals surface area contributed by atoms with Crippen LogP contribution in [0.25, 0.3) is 10.2 Å². The van der Waals surface area contributed by atoms with Crippen molar-refractivity contribution in [3.8, 4) is 0 Å². The molecule has 1 amide bonds. The summed E-state index contributed by atoms with van der Waals surface area (Å²) < 4.78 is 1.01. The number of aromatic nitrogens is 1. The topological polar surface area (TPSA) is 42.0 Å². The van der Waals surface area contributed by atoms with Gasteiger partial charge in [0.2, 0.25) is 0 Å². The van der Waals surface area contributed by atoms with E-state index in [4.69, 9.17) is 11.6 Å². The zero-order valence-electron chi connectivity index (χ0n) is 20.2. The number of thiazole rings is 1. The number of nitrogens with one attached hydrogen (secondary N) is 1. The normalized spacial score (nSPS) is 10.5. The molecule has 3 aromatic carbocycles. The lowest BCUT2D eigenvalue weighted by Gasteiger charge is -2.10. The summed E-state index contributed by atoms with van der Waals surface area (Å²) in [7, 11) is 0. The number of rotatable bonds is 6. The van der Waals surface area contributed by atoms with E-state index in [0.29, 0.717) is 16.3 Å². The smallest absolute Gasteiger partial charge is 0.255 e. The molecule has 1 aromatic heterocycles. The minimum absolute atomic E-state index is 0.167. The molecule has 4 rings (SSSR count). The van der Waals surface area contributed by atoms with Crippen LogP contribution >= 0.6 is 22.9 Å². The minimum Gasteiger partial charge on any atom is -0.320 e. The lowest BCUT2D eigenvalue weighted by molar-refractivity contribution is 0.102. The van der Waals surface area contributed by atoms with Crippen LogP contribution in [-0.2, 0) is 12.8 Å². The van der Waals surface area contributed by atoms with Crippen molar-refractivity contribution < 1.29 is 4.79 Å². The highest BCUT2D eigenvalue weighted by molar-refractivity contribution is 7.18. The third-order valence-corrected chi connectivity index (χ3v) is 6.79. The van der Waals surface area contributed by atoms with E-state index in [0.717, 1.165) is 40.1 Å². The largest absolute Gasteiger partial charge is 0.320 e. The highest BCUT2D eigenvalue weighted by Gasteiger charge is 2.12. The zero-order chi connectivity index (χ0) is 24.7. The van der Waals surface area contributed by atoms with Crippen LogP contribution in [0.1, 0.15) is 52.3 Å². The maximum Gasteiger partial charge on any atom is 0.255 e. The van der Waals surface area contributed by atoms with E-state index in [9.17, 15) is 4.79 Å². The molecule has 0 aliphatic rings. The zero-order valence-corrected chi connectivity index (χ0v) is 21.8. The van der Waals surface area contributed by atoms with Gasteiger partial charge in [-0.25, -0.2) is 4.98 Å². The molecule has 3 nitrogen and oxygen atoms in total. The number of amides is 1. The van der Waals surface area contributed by atoms with Gasteiger partial charge in [-0.15, -0.1) is 17.9 Å². The average Bonchev–Trinajstić information content (AvgIpc) is 3.19. The first-order valence-corrected chi connectivity index (χ1v) is 12.6. The van der Waals surface area contributed by atoms with E-state index in [1.165, 1.54) is 16.7 Å². The molecule has 0 atom stereocenters. The number of carbonyl (C=O) groups is 1. The van der Waals surface area contributed by atoms with Crippen LogP contribution in [0.3, 0.4) is 0 Å². The molecule has 0 radical (unpaired) electrons. The number of fused-ring (bicyclic) bond motifs is 1. The van der Waals surface area contributed by atoms with E-state index < -0.39 is 0 Å². The summed E-state index contributed by atoms with van der Waals surface area (Å²) in [5, 5.41) is 4.41. The van der Waals surface area contributed by atoms with Crippen LogP contribution in [0.2, 0.25) is 5.02 Å². The van der Waals surface area contributed by atoms with Gasteiger partial charge in [-0.3, -0.25) is 4.79 Å². The van der Waals surface area contributed by atoms with Gasteiger partial charge in [-0.1, -0.05) is 60.5 Å². The Bertz CT molecular complexity index is 1290. The fourth-order valence-electron chi connectivity index (χ4n) is 3.65. The summed E-state index contributed by atoms with van der Waals surface area (Å²) in [5.41, 5.74) is 7.34. The number of aryl methyl sites for hydroxylation is 4. The van der Waals surface area contributed by atoms with Gasteiger partial charge in [0.05, 0.1) is 25.9 Å². The predicted molar refractivity (Wildman–Crippen MR) is 147 cm³/mol. The molecule has 0 spiro atoms. The van der Waals surface area contributed by atoms with Crippen LogP contribution in [0.15, 0.2) is 72.8 Å². The van der Waals surface area contributed by atoms with Gasteiger partial charge >= 0.3 is 0 Å². The number of hydrogen-bond acceptors (Lipinski definition) is 3. The second-order valence-corrected chi connectivity index (χ2v) is 10.0. The van der Waals surface area contributed by atoms with Crippen molar-refractivity contribution in [2.24, 2.45) is 0 Å². The molecule has 0 aliphatic heterocycles. The lowest BCUT2D eigenvalue weighted by Crippen LogP contribution is -2.13. The number of benzene rings is 3. The first-order chi connectivity index (χ1) is 16.3. The molecular formula is C29H31ClN2OS. The van der Waals surface area contributed by atoms with Crippen molar-refractivity contribution in [1.82, 2.24) is 4.98 Å². The molecular weight excluding hydrogens is 460 g/mol. The molecule has 0 saturated carbocycles. The number of para-hydroxylation sites is 1. The highest BCUT2D eigenvalue weighted by Crippen LogP contribution is 2.27. The highest BCUT2D eigenvalue weighted by atomic mass is 35.5. The SMILES string of the molecule is C=C(C)CCc1ccccc1CC.Cc1nc2ccc(C(=O)Nc3c(C)cccc3Cl)cc2s1. The Labute approximate surface area is 211 Å². The quantitative estimate of drug-likeness (QED) is 0.275. The number of nitrogens with zero attached hydrogens (tertiary/aromatic N) is 1. The van der Waals surface area contributed by atoms with E-state index in [-0.39, 0.29) is 5.91 Å². The standard InChI is InChI=1S/C16H13ClN2OS.C13H18/c1-9-4-3-5-12(17)15(9)19-16(20)11-6-7-13-14(8-11)21-10(2)18-13;1-4-12-7-5-6-8-13(12)10-9-11(2)3/h3-8H,1-2H3,(H,19,20);5-8H,2,4,9-10H2,1,3H3. The summed E-state index contributed by atoms with van der Waals surface area (Å²) in [4.78, 5) is 16.8. The Balaban J connectivity index is 0.000000215. The number of anilines is 1. The molecule has 0 aliphatic carbocycles. The van der Waals surface area contributed by atoms with E-state index >= 15 is 0 Å². The number of hydrogen-bond donors (Lipinski definition) is 1. The Hall–Kier alpha value is -2.95. The van der Waals surface area contributed by atoms with Gasteiger partial charge in [0, 0.05) is 5.56 Å². The first kappa shape index (κ1) is 25.7. The van der Waals surface area contributed by atoms with E-state index in [2.05, 4.69) is 55.0 Å². The average molecular weight is 491 g/mol. The van der Waals surface area contributed by atoms with Gasteiger partial charge in [0.15, 0.2) is 0 Å². The van der Waals surface area contributed by atoms with Gasteiger partial charge in [-0.05, 0) is 81.0 Å². The van der Waals surface area contributed by atoms with E-state index in [1.54, 1.807) is 23.5 Å². The fraction of sp³-hybridized carbons (Fsp3) is 0.241. The molecule has 0 fully saturated rings. The van der Waals surface area contributed by atoms with Gasteiger partial charge in [0.25, 0.3) is 5.91 Å². The first-order valence-electron chi connectivity index (χ1n) is 11.4. The summed E-state index contributed by atoms with van der Waals surface area (Å²) in [5.74, 6) is -0.167. The summed E-state index contributed by atoms with van der Waals surface area (Å²) in [6, 6.07) is 19.7. The van der Waals surface area contributed by atoms with Crippen molar-refractivity contribution in [3.05, 3.63) is 105 Å². The second kappa shape index (κ2) is 12.0. The summed E-state index contributed by atoms with van der Waals surface area (Å²) in [6.45, 7) is 12.1. The molecule has 0 bridgehead atoms. The van der Waals surface area contributed by atoms with Crippen molar-refractivity contribution >= 4 is 44.7 Å². The molecule has 1 heterocycles. The van der Waals surface area contributed by atoms with Crippen LogP contribution in [0, 0.1) is 13.8 Å². The van der Waals surface area contributed by atoms with Crippen LogP contribution in [0.5, 0.6) is 0 Å². The van der Waals surface area contributed by atoms with Crippen molar-refractivity contribution in [1.29, 1.82) is 0 Å². The van der Waals surface area contributed by atoms with Crippen molar-refractivity contribution in [3.63, 3.8) is 0 Å². The van der Waals surface area contributed by atoms with Crippen LogP contribution < -0.4 is 5.32 Å². The lowest BCUT2D eigenvalue weighted by atomic mass is 9.99. The molecule has 34 heavy (non-hydrogen) atoms. The molecule has 0 saturated heterocycles. The van der Waals surface area contributed by atoms with Crippen molar-refractivity contribution in [2.45, 2.75) is 47.0 Å². The number of carbonyl (C=O) groups excluding carboxylic acids is 1. The third-order valence-electron chi connectivity index (χ3n) is 5.54. The van der Waals surface area contributed by atoms with Crippen LogP contribution in [-0.4, -0.2) is 10.9 Å². The van der Waals surface area contributed by atoms with Crippen molar-refractivity contribution in [2.75, 3.05) is 5.32 Å². The second-order valence-electron chi connectivity index (χ2n) is 8.38. The van der Waals surface area contributed by atoms with Gasteiger partial charge in [-0.2, -0.15) is 0 Å². The summed E-state index contributed by atoms with van der Waals surface area (Å²) in [6.07, 6.45) is 3.38. The molecule has 1 N–H and O–H groups in total.